The largest absolute Gasteiger partial charge is 0.497 e. The van der Waals surface area contributed by atoms with E-state index in [4.69, 9.17) is 16.3 Å². The Kier molecular flexibility index (Phi) is 5.53. The SMILES string of the molecule is COc1ccc(CNC(=O)NC2CCCCC2)c(Cl)c1. The minimum Gasteiger partial charge on any atom is -0.497 e. The monoisotopic (exact) mass is 296 g/mol. The van der Waals surface area contributed by atoms with Crippen LogP contribution in [-0.4, -0.2) is 19.2 Å². The highest BCUT2D eigenvalue weighted by Crippen LogP contribution is 2.22. The maximum absolute atomic E-state index is 11.8. The molecule has 0 bridgehead atoms. The number of benzene rings is 1. The summed E-state index contributed by atoms with van der Waals surface area (Å²) in [6.45, 7) is 0.418. The van der Waals surface area contributed by atoms with Crippen LogP contribution < -0.4 is 15.4 Å². The Hall–Kier alpha value is -1.42. The fraction of sp³-hybridized carbons (Fsp3) is 0.533. The molecule has 20 heavy (non-hydrogen) atoms. The molecule has 4 nitrogen and oxygen atoms in total. The Labute approximate surface area is 124 Å². The third-order valence-corrected chi connectivity index (χ3v) is 3.99. The van der Waals surface area contributed by atoms with Crippen LogP contribution in [0.1, 0.15) is 37.7 Å². The molecular weight excluding hydrogens is 276 g/mol. The van der Waals surface area contributed by atoms with Crippen LogP contribution in [-0.2, 0) is 6.54 Å². The number of nitrogens with one attached hydrogen (secondary N) is 2. The van der Waals surface area contributed by atoms with Gasteiger partial charge >= 0.3 is 6.03 Å². The summed E-state index contributed by atoms with van der Waals surface area (Å²) in [6, 6.07) is 5.64. The molecule has 0 spiro atoms. The van der Waals surface area contributed by atoms with Crippen molar-refractivity contribution in [3.63, 3.8) is 0 Å². The molecule has 1 fully saturated rings. The van der Waals surface area contributed by atoms with Gasteiger partial charge in [-0.1, -0.05) is 36.9 Å². The summed E-state index contributed by atoms with van der Waals surface area (Å²) in [5.74, 6) is 0.713. The summed E-state index contributed by atoms with van der Waals surface area (Å²) in [4.78, 5) is 11.8. The molecule has 1 saturated carbocycles. The fourth-order valence-electron chi connectivity index (χ4n) is 2.46. The lowest BCUT2D eigenvalue weighted by Gasteiger charge is -2.22. The van der Waals surface area contributed by atoms with E-state index in [9.17, 15) is 4.79 Å². The predicted molar refractivity (Wildman–Crippen MR) is 80.2 cm³/mol. The minimum absolute atomic E-state index is 0.121. The van der Waals surface area contributed by atoms with Crippen molar-refractivity contribution >= 4 is 17.6 Å². The number of urea groups is 1. The highest BCUT2D eigenvalue weighted by molar-refractivity contribution is 6.31. The van der Waals surface area contributed by atoms with Crippen LogP contribution in [0.2, 0.25) is 5.02 Å². The van der Waals surface area contributed by atoms with Crippen LogP contribution in [0.3, 0.4) is 0 Å². The number of rotatable bonds is 4. The van der Waals surface area contributed by atoms with E-state index in [2.05, 4.69) is 10.6 Å². The number of ether oxygens (including phenoxy) is 1. The van der Waals surface area contributed by atoms with Gasteiger partial charge in [-0.3, -0.25) is 0 Å². The summed E-state index contributed by atoms with van der Waals surface area (Å²) in [5.41, 5.74) is 0.881. The molecule has 0 aromatic heterocycles. The third-order valence-electron chi connectivity index (χ3n) is 3.64. The standard InChI is InChI=1S/C15H21ClN2O2/c1-20-13-8-7-11(14(16)9-13)10-17-15(19)18-12-5-3-2-4-6-12/h7-9,12H,2-6,10H2,1H3,(H2,17,18,19). The van der Waals surface area contributed by atoms with E-state index in [0.717, 1.165) is 18.4 Å². The molecule has 5 heteroatoms. The molecule has 2 amide bonds. The Balaban J connectivity index is 1.80. The van der Waals surface area contributed by atoms with Crippen molar-refractivity contribution in [2.75, 3.05) is 7.11 Å². The Morgan fingerprint density at radius 3 is 2.75 bits per heavy atom. The van der Waals surface area contributed by atoms with Crippen molar-refractivity contribution in [1.82, 2.24) is 10.6 Å². The molecule has 0 heterocycles. The van der Waals surface area contributed by atoms with E-state index in [1.54, 1.807) is 13.2 Å². The zero-order valence-corrected chi connectivity index (χ0v) is 12.5. The molecular formula is C15H21ClN2O2. The van der Waals surface area contributed by atoms with Crippen LogP contribution in [0.15, 0.2) is 18.2 Å². The van der Waals surface area contributed by atoms with E-state index in [0.29, 0.717) is 23.4 Å². The van der Waals surface area contributed by atoms with Crippen molar-refractivity contribution in [3.8, 4) is 5.75 Å². The van der Waals surface area contributed by atoms with E-state index in [1.165, 1.54) is 19.3 Å². The minimum atomic E-state index is -0.121. The van der Waals surface area contributed by atoms with Gasteiger partial charge in [-0.2, -0.15) is 0 Å². The van der Waals surface area contributed by atoms with Crippen molar-refractivity contribution in [2.24, 2.45) is 0 Å². The normalized spacial score (nSPS) is 15.7. The van der Waals surface area contributed by atoms with Gasteiger partial charge in [-0.05, 0) is 30.5 Å². The first-order chi connectivity index (χ1) is 9.69. The van der Waals surface area contributed by atoms with Crippen LogP contribution in [0, 0.1) is 0 Å². The third kappa shape index (κ3) is 4.30. The quantitative estimate of drug-likeness (QED) is 0.894. The molecule has 0 saturated heterocycles. The smallest absolute Gasteiger partial charge is 0.315 e. The predicted octanol–water partition coefficient (Wildman–Crippen LogP) is 3.48. The first-order valence-electron chi connectivity index (χ1n) is 7.06. The number of hydrogen-bond donors (Lipinski definition) is 2. The van der Waals surface area contributed by atoms with E-state index < -0.39 is 0 Å². The van der Waals surface area contributed by atoms with Gasteiger partial charge in [0.05, 0.1) is 7.11 Å². The molecule has 1 aliphatic carbocycles. The number of amides is 2. The van der Waals surface area contributed by atoms with Gasteiger partial charge in [0.25, 0.3) is 0 Å². The van der Waals surface area contributed by atoms with Crippen LogP contribution in [0.25, 0.3) is 0 Å². The van der Waals surface area contributed by atoms with Gasteiger partial charge in [-0.25, -0.2) is 4.79 Å². The molecule has 1 aromatic carbocycles. The highest BCUT2D eigenvalue weighted by atomic mass is 35.5. The topological polar surface area (TPSA) is 50.4 Å². The lowest BCUT2D eigenvalue weighted by atomic mass is 9.96. The van der Waals surface area contributed by atoms with Gasteiger partial charge in [0.1, 0.15) is 5.75 Å². The van der Waals surface area contributed by atoms with E-state index in [-0.39, 0.29) is 6.03 Å². The van der Waals surface area contributed by atoms with Gasteiger partial charge in [0.2, 0.25) is 0 Å². The maximum Gasteiger partial charge on any atom is 0.315 e. The van der Waals surface area contributed by atoms with Gasteiger partial charge in [0, 0.05) is 17.6 Å². The lowest BCUT2D eigenvalue weighted by Crippen LogP contribution is -2.42. The molecule has 0 unspecified atom stereocenters. The van der Waals surface area contributed by atoms with Gasteiger partial charge in [-0.15, -0.1) is 0 Å². The number of carbonyl (C=O) groups excluding carboxylic acids is 1. The number of carbonyl (C=O) groups is 1. The van der Waals surface area contributed by atoms with Gasteiger partial charge < -0.3 is 15.4 Å². The van der Waals surface area contributed by atoms with Crippen molar-refractivity contribution in [1.29, 1.82) is 0 Å². The molecule has 2 N–H and O–H groups in total. The summed E-state index contributed by atoms with van der Waals surface area (Å²) in [6.07, 6.45) is 5.85. The molecule has 1 aliphatic rings. The van der Waals surface area contributed by atoms with Crippen LogP contribution in [0.4, 0.5) is 4.79 Å². The van der Waals surface area contributed by atoms with Crippen LogP contribution in [0.5, 0.6) is 5.75 Å². The van der Waals surface area contributed by atoms with Crippen LogP contribution >= 0.6 is 11.6 Å². The molecule has 0 radical (unpaired) electrons. The second kappa shape index (κ2) is 7.39. The van der Waals surface area contributed by atoms with E-state index in [1.807, 2.05) is 12.1 Å². The number of hydrogen-bond acceptors (Lipinski definition) is 2. The van der Waals surface area contributed by atoms with Crippen molar-refractivity contribution < 1.29 is 9.53 Å². The highest BCUT2D eigenvalue weighted by Gasteiger charge is 2.15. The average Bonchev–Trinajstić information content (AvgIpc) is 2.47. The first kappa shape index (κ1) is 15.0. The average molecular weight is 297 g/mol. The lowest BCUT2D eigenvalue weighted by molar-refractivity contribution is 0.232. The summed E-state index contributed by atoms with van der Waals surface area (Å²) in [7, 11) is 1.60. The summed E-state index contributed by atoms with van der Waals surface area (Å²) >= 11 is 6.13. The second-order valence-corrected chi connectivity index (χ2v) is 5.53. The summed E-state index contributed by atoms with van der Waals surface area (Å²) < 4.78 is 5.09. The van der Waals surface area contributed by atoms with Crippen molar-refractivity contribution in [2.45, 2.75) is 44.7 Å². The molecule has 110 valence electrons. The second-order valence-electron chi connectivity index (χ2n) is 5.12. The van der Waals surface area contributed by atoms with E-state index >= 15 is 0 Å². The van der Waals surface area contributed by atoms with Crippen molar-refractivity contribution in [3.05, 3.63) is 28.8 Å². The zero-order valence-electron chi connectivity index (χ0n) is 11.7. The summed E-state index contributed by atoms with van der Waals surface area (Å²) in [5, 5.41) is 6.46. The molecule has 1 aromatic rings. The van der Waals surface area contributed by atoms with Gasteiger partial charge in [0.15, 0.2) is 0 Å². The fourth-order valence-corrected chi connectivity index (χ4v) is 2.69. The Bertz CT molecular complexity index is 459. The molecule has 2 rings (SSSR count). The Morgan fingerprint density at radius 1 is 1.35 bits per heavy atom. The molecule has 0 aliphatic heterocycles. The molecule has 0 atom stereocenters. The maximum atomic E-state index is 11.8. The Morgan fingerprint density at radius 2 is 2.10 bits per heavy atom. The number of halogens is 1. The zero-order chi connectivity index (χ0) is 14.4. The first-order valence-corrected chi connectivity index (χ1v) is 7.43. The number of methoxy groups -OCH3 is 1.